The Bertz CT molecular complexity index is 566. The molecule has 4 nitrogen and oxygen atoms in total. The van der Waals surface area contributed by atoms with Crippen molar-refractivity contribution in [3.63, 3.8) is 0 Å². The second-order valence-electron chi connectivity index (χ2n) is 4.76. The lowest BCUT2D eigenvalue weighted by atomic mass is 10.1. The summed E-state index contributed by atoms with van der Waals surface area (Å²) >= 11 is 12.1. The van der Waals surface area contributed by atoms with Crippen molar-refractivity contribution in [3.8, 4) is 0 Å². The molecule has 1 atom stereocenters. The lowest BCUT2D eigenvalue weighted by Gasteiger charge is -2.18. The third kappa shape index (κ3) is 2.90. The minimum Gasteiger partial charge on any atom is -0.396 e. The normalized spacial score (nSPS) is 20.9. The van der Waals surface area contributed by atoms with Crippen molar-refractivity contribution in [2.45, 2.75) is 18.2 Å². The van der Waals surface area contributed by atoms with Gasteiger partial charge in [-0.15, -0.1) is 0 Å². The zero-order valence-electron chi connectivity index (χ0n) is 10.4. The molecule has 0 spiro atoms. The Morgan fingerprint density at radius 3 is 2.42 bits per heavy atom. The van der Waals surface area contributed by atoms with Crippen molar-refractivity contribution in [3.05, 3.63) is 27.7 Å². The standard InChI is InChI=1S/C12H15Cl2NO3S/c1-8-4-10(13)12(11(14)5-8)19(17,18)15-3-2-9(6-15)7-16/h4-5,9,16H,2-3,6-7H2,1H3. The molecule has 1 aliphatic heterocycles. The van der Waals surface area contributed by atoms with Crippen LogP contribution < -0.4 is 0 Å². The first-order valence-electron chi connectivity index (χ1n) is 5.93. The summed E-state index contributed by atoms with van der Waals surface area (Å²) in [6.45, 7) is 2.47. The van der Waals surface area contributed by atoms with Gasteiger partial charge in [-0.2, -0.15) is 4.31 Å². The topological polar surface area (TPSA) is 57.6 Å². The van der Waals surface area contributed by atoms with Gasteiger partial charge in [0.05, 0.1) is 10.0 Å². The van der Waals surface area contributed by atoms with E-state index in [1.54, 1.807) is 19.1 Å². The Kier molecular flexibility index (Phi) is 4.42. The highest BCUT2D eigenvalue weighted by Gasteiger charge is 2.34. The summed E-state index contributed by atoms with van der Waals surface area (Å²) in [5.41, 5.74) is 0.809. The lowest BCUT2D eigenvalue weighted by molar-refractivity contribution is 0.233. The van der Waals surface area contributed by atoms with Crippen LogP contribution in [0.15, 0.2) is 17.0 Å². The van der Waals surface area contributed by atoms with Crippen molar-refractivity contribution >= 4 is 33.2 Å². The first-order valence-corrected chi connectivity index (χ1v) is 8.12. The number of benzene rings is 1. The number of halogens is 2. The van der Waals surface area contributed by atoms with E-state index in [0.29, 0.717) is 19.5 Å². The summed E-state index contributed by atoms with van der Waals surface area (Å²) in [6.07, 6.45) is 0.650. The van der Waals surface area contributed by atoms with Gasteiger partial charge < -0.3 is 5.11 Å². The molecule has 1 aromatic rings. The second kappa shape index (κ2) is 5.58. The number of hydrogen-bond donors (Lipinski definition) is 1. The van der Waals surface area contributed by atoms with Gasteiger partial charge in [0, 0.05) is 19.7 Å². The SMILES string of the molecule is Cc1cc(Cl)c(S(=O)(=O)N2CCC(CO)C2)c(Cl)c1. The van der Waals surface area contributed by atoms with E-state index in [9.17, 15) is 8.42 Å². The summed E-state index contributed by atoms with van der Waals surface area (Å²) in [7, 11) is -3.70. The molecule has 106 valence electrons. The smallest absolute Gasteiger partial charge is 0.246 e. The number of aliphatic hydroxyl groups is 1. The third-order valence-electron chi connectivity index (χ3n) is 3.25. The zero-order valence-corrected chi connectivity index (χ0v) is 12.8. The lowest BCUT2D eigenvalue weighted by Crippen LogP contribution is -2.29. The summed E-state index contributed by atoms with van der Waals surface area (Å²) in [5.74, 6) is -0.0159. The highest BCUT2D eigenvalue weighted by molar-refractivity contribution is 7.89. The van der Waals surface area contributed by atoms with E-state index in [1.807, 2.05) is 0 Å². The molecule has 0 radical (unpaired) electrons. The summed E-state index contributed by atoms with van der Waals surface area (Å²) in [4.78, 5) is -0.0416. The maximum absolute atomic E-state index is 12.5. The molecule has 1 heterocycles. The fourth-order valence-electron chi connectivity index (χ4n) is 2.23. The molecule has 0 aromatic heterocycles. The van der Waals surface area contributed by atoms with Crippen molar-refractivity contribution in [2.24, 2.45) is 5.92 Å². The van der Waals surface area contributed by atoms with E-state index < -0.39 is 10.0 Å². The first-order chi connectivity index (χ1) is 8.86. The maximum atomic E-state index is 12.5. The quantitative estimate of drug-likeness (QED) is 0.928. The van der Waals surface area contributed by atoms with Crippen molar-refractivity contribution in [1.29, 1.82) is 0 Å². The Balaban J connectivity index is 2.41. The second-order valence-corrected chi connectivity index (χ2v) is 7.45. The van der Waals surface area contributed by atoms with Crippen molar-refractivity contribution < 1.29 is 13.5 Å². The predicted molar refractivity (Wildman–Crippen MR) is 75.2 cm³/mol. The minimum absolute atomic E-state index is 0.0125. The van der Waals surface area contributed by atoms with E-state index in [-0.39, 0.29) is 27.5 Å². The molecular formula is C12H15Cl2NO3S. The van der Waals surface area contributed by atoms with Gasteiger partial charge in [-0.3, -0.25) is 0 Å². The average Bonchev–Trinajstić information content (AvgIpc) is 2.75. The number of aliphatic hydroxyl groups excluding tert-OH is 1. The molecule has 1 fully saturated rings. The van der Waals surface area contributed by atoms with E-state index >= 15 is 0 Å². The molecule has 19 heavy (non-hydrogen) atoms. The van der Waals surface area contributed by atoms with Gasteiger partial charge in [0.1, 0.15) is 4.90 Å². The van der Waals surface area contributed by atoms with Crippen LogP contribution in [0.4, 0.5) is 0 Å². The Hall–Kier alpha value is -0.330. The zero-order chi connectivity index (χ0) is 14.2. The van der Waals surface area contributed by atoms with Crippen LogP contribution >= 0.6 is 23.2 Å². The van der Waals surface area contributed by atoms with Crippen LogP contribution in [-0.4, -0.2) is 37.5 Å². The molecule has 1 aliphatic rings. The summed E-state index contributed by atoms with van der Waals surface area (Å²) in [6, 6.07) is 3.17. The van der Waals surface area contributed by atoms with E-state index in [2.05, 4.69) is 0 Å². The minimum atomic E-state index is -3.70. The first kappa shape index (κ1) is 15.1. The molecular weight excluding hydrogens is 309 g/mol. The molecule has 0 bridgehead atoms. The Labute approximate surface area is 123 Å². The molecule has 0 saturated carbocycles. The van der Waals surface area contributed by atoms with Crippen LogP contribution in [0.2, 0.25) is 10.0 Å². The Morgan fingerprint density at radius 2 is 1.95 bits per heavy atom. The van der Waals surface area contributed by atoms with Gasteiger partial charge in [0.25, 0.3) is 0 Å². The van der Waals surface area contributed by atoms with E-state index in [1.165, 1.54) is 4.31 Å². The molecule has 2 rings (SSSR count). The fourth-order valence-corrected chi connectivity index (χ4v) is 5.03. The number of rotatable bonds is 3. The number of sulfonamides is 1. The maximum Gasteiger partial charge on any atom is 0.246 e. The van der Waals surface area contributed by atoms with Crippen LogP contribution in [0.3, 0.4) is 0 Å². The molecule has 1 saturated heterocycles. The van der Waals surface area contributed by atoms with Gasteiger partial charge in [-0.05, 0) is 37.0 Å². The van der Waals surface area contributed by atoms with Gasteiger partial charge in [0.15, 0.2) is 0 Å². The molecule has 7 heteroatoms. The van der Waals surface area contributed by atoms with Gasteiger partial charge >= 0.3 is 0 Å². The highest BCUT2D eigenvalue weighted by atomic mass is 35.5. The number of hydrogen-bond acceptors (Lipinski definition) is 3. The van der Waals surface area contributed by atoms with Crippen LogP contribution in [0.5, 0.6) is 0 Å². The van der Waals surface area contributed by atoms with Crippen LogP contribution in [0, 0.1) is 12.8 Å². The monoisotopic (exact) mass is 323 g/mol. The Morgan fingerprint density at radius 1 is 1.37 bits per heavy atom. The average molecular weight is 324 g/mol. The van der Waals surface area contributed by atoms with Crippen LogP contribution in [0.25, 0.3) is 0 Å². The summed E-state index contributed by atoms with van der Waals surface area (Å²) < 4.78 is 26.4. The molecule has 0 amide bonds. The number of nitrogens with zero attached hydrogens (tertiary/aromatic N) is 1. The van der Waals surface area contributed by atoms with Crippen LogP contribution in [0.1, 0.15) is 12.0 Å². The summed E-state index contributed by atoms with van der Waals surface area (Å²) in [5, 5.41) is 9.37. The molecule has 0 aliphatic carbocycles. The van der Waals surface area contributed by atoms with Crippen LogP contribution in [-0.2, 0) is 10.0 Å². The van der Waals surface area contributed by atoms with Crippen molar-refractivity contribution in [2.75, 3.05) is 19.7 Å². The molecule has 1 unspecified atom stereocenters. The van der Waals surface area contributed by atoms with E-state index in [4.69, 9.17) is 28.3 Å². The predicted octanol–water partition coefficient (Wildman–Crippen LogP) is 2.30. The van der Waals surface area contributed by atoms with Gasteiger partial charge in [-0.1, -0.05) is 23.2 Å². The fraction of sp³-hybridized carbons (Fsp3) is 0.500. The molecule has 1 N–H and O–H groups in total. The highest BCUT2D eigenvalue weighted by Crippen LogP contribution is 2.34. The van der Waals surface area contributed by atoms with Crippen molar-refractivity contribution in [1.82, 2.24) is 4.31 Å². The molecule has 1 aromatic carbocycles. The largest absolute Gasteiger partial charge is 0.396 e. The third-order valence-corrected chi connectivity index (χ3v) is 6.03. The van der Waals surface area contributed by atoms with Gasteiger partial charge in [-0.25, -0.2) is 8.42 Å². The van der Waals surface area contributed by atoms with Gasteiger partial charge in [0.2, 0.25) is 10.0 Å². The van der Waals surface area contributed by atoms with E-state index in [0.717, 1.165) is 5.56 Å². The number of aryl methyl sites for hydroxylation is 1.